The van der Waals surface area contributed by atoms with E-state index in [1.54, 1.807) is 14.2 Å². The second-order valence-corrected chi connectivity index (χ2v) is 9.90. The molecule has 192 valence electrons. The number of aromatic nitrogens is 4. The molecule has 2 N–H and O–H groups in total. The molecule has 10 nitrogen and oxygen atoms in total. The van der Waals surface area contributed by atoms with Crippen LogP contribution in [0.3, 0.4) is 0 Å². The minimum absolute atomic E-state index is 0.0286. The Kier molecular flexibility index (Phi) is 7.33. The number of aromatic amines is 2. The van der Waals surface area contributed by atoms with Gasteiger partial charge in [-0.1, -0.05) is 12.1 Å². The minimum atomic E-state index is -0.266. The van der Waals surface area contributed by atoms with E-state index < -0.39 is 0 Å². The molecule has 0 spiro atoms. The molecule has 3 heterocycles. The number of amides is 1. The van der Waals surface area contributed by atoms with Crippen LogP contribution in [0.25, 0.3) is 11.0 Å². The van der Waals surface area contributed by atoms with Gasteiger partial charge >= 0.3 is 0 Å². The Morgan fingerprint density at radius 1 is 1.17 bits per heavy atom. The van der Waals surface area contributed by atoms with Crippen molar-refractivity contribution in [3.8, 4) is 5.75 Å². The van der Waals surface area contributed by atoms with Crippen molar-refractivity contribution in [2.75, 3.05) is 40.4 Å². The maximum atomic E-state index is 13.3. The monoisotopic (exact) mass is 494 g/mol. The second kappa shape index (κ2) is 10.8. The van der Waals surface area contributed by atoms with Crippen LogP contribution in [0.2, 0.25) is 0 Å². The first kappa shape index (κ1) is 24.5. The van der Waals surface area contributed by atoms with Gasteiger partial charge in [0.1, 0.15) is 22.6 Å². The summed E-state index contributed by atoms with van der Waals surface area (Å²) in [4.78, 5) is 37.0. The van der Waals surface area contributed by atoms with Crippen molar-refractivity contribution in [3.63, 3.8) is 0 Å². The number of carbonyl (C=O) groups is 1. The molecular formula is C26H34N6O4. The molecule has 36 heavy (non-hydrogen) atoms. The zero-order valence-corrected chi connectivity index (χ0v) is 20.9. The minimum Gasteiger partial charge on any atom is -0.497 e. The number of rotatable bonds is 10. The molecule has 5 rings (SSSR count). The molecule has 1 amide bonds. The fourth-order valence-electron chi connectivity index (χ4n) is 5.12. The Morgan fingerprint density at radius 2 is 1.92 bits per heavy atom. The first-order chi connectivity index (χ1) is 17.5. The largest absolute Gasteiger partial charge is 0.497 e. The van der Waals surface area contributed by atoms with Gasteiger partial charge in [0.15, 0.2) is 0 Å². The summed E-state index contributed by atoms with van der Waals surface area (Å²) in [6, 6.07) is 8.07. The SMILES string of the molecule is COc1ccc(C(OC)C2CCN(CC(=O)N(Cc3nc4cn[nH]c4c(=O)[nH]3)CC3CC3)CC2)cc1. The summed E-state index contributed by atoms with van der Waals surface area (Å²) in [6.45, 7) is 3.06. The molecule has 1 saturated carbocycles. The molecule has 2 aliphatic rings. The molecule has 2 aromatic heterocycles. The lowest BCUT2D eigenvalue weighted by molar-refractivity contribution is -0.134. The van der Waals surface area contributed by atoms with Crippen LogP contribution >= 0.6 is 0 Å². The van der Waals surface area contributed by atoms with Gasteiger partial charge in [-0.2, -0.15) is 5.10 Å². The van der Waals surface area contributed by atoms with E-state index in [1.807, 2.05) is 17.0 Å². The molecule has 1 aliphatic carbocycles. The highest BCUT2D eigenvalue weighted by molar-refractivity contribution is 5.78. The number of carbonyl (C=O) groups excluding carboxylic acids is 1. The van der Waals surface area contributed by atoms with Gasteiger partial charge in [0, 0.05) is 13.7 Å². The van der Waals surface area contributed by atoms with Gasteiger partial charge in [0.25, 0.3) is 5.56 Å². The lowest BCUT2D eigenvalue weighted by Crippen LogP contribution is -2.44. The summed E-state index contributed by atoms with van der Waals surface area (Å²) in [5, 5.41) is 6.56. The first-order valence-electron chi connectivity index (χ1n) is 12.6. The summed E-state index contributed by atoms with van der Waals surface area (Å²) in [5.41, 5.74) is 1.75. The van der Waals surface area contributed by atoms with Crippen LogP contribution in [0, 0.1) is 11.8 Å². The van der Waals surface area contributed by atoms with Gasteiger partial charge in [-0.3, -0.25) is 19.6 Å². The van der Waals surface area contributed by atoms with Gasteiger partial charge in [-0.25, -0.2) is 4.98 Å². The van der Waals surface area contributed by atoms with Crippen molar-refractivity contribution in [3.05, 3.63) is 52.2 Å². The standard InChI is InChI=1S/C26H34N6O4/c1-35-20-7-5-18(6-8-20)25(36-2)19-9-11-31(12-10-19)16-23(33)32(14-17-3-4-17)15-22-28-21-13-27-30-24(21)26(34)29-22/h5-8,13,17,19,25H,3-4,9-12,14-16H2,1-2H3,(H,27,30)(H,28,29,34). The molecule has 1 aromatic carbocycles. The van der Waals surface area contributed by atoms with E-state index in [2.05, 4.69) is 37.2 Å². The number of nitrogens with zero attached hydrogens (tertiary/aromatic N) is 4. The molecule has 0 radical (unpaired) electrons. The van der Waals surface area contributed by atoms with Gasteiger partial charge in [0.2, 0.25) is 5.91 Å². The number of ether oxygens (including phenoxy) is 2. The van der Waals surface area contributed by atoms with Crippen LogP contribution < -0.4 is 10.3 Å². The Morgan fingerprint density at radius 3 is 2.58 bits per heavy atom. The number of methoxy groups -OCH3 is 2. The Hall–Kier alpha value is -3.24. The third-order valence-corrected chi connectivity index (χ3v) is 7.35. The average Bonchev–Trinajstić information content (AvgIpc) is 3.58. The van der Waals surface area contributed by atoms with E-state index >= 15 is 0 Å². The second-order valence-electron chi connectivity index (χ2n) is 9.90. The van der Waals surface area contributed by atoms with Crippen molar-refractivity contribution < 1.29 is 14.3 Å². The van der Waals surface area contributed by atoms with Crippen LogP contribution in [0.4, 0.5) is 0 Å². The van der Waals surface area contributed by atoms with Crippen molar-refractivity contribution in [2.45, 2.75) is 38.3 Å². The maximum absolute atomic E-state index is 13.3. The molecule has 1 atom stereocenters. The molecule has 10 heteroatoms. The zero-order chi connectivity index (χ0) is 25.1. The summed E-state index contributed by atoms with van der Waals surface area (Å²) < 4.78 is 11.2. The van der Waals surface area contributed by atoms with Crippen molar-refractivity contribution in [2.24, 2.45) is 11.8 Å². The number of fused-ring (bicyclic) bond motifs is 1. The summed E-state index contributed by atoms with van der Waals surface area (Å²) in [6.07, 6.45) is 5.78. The molecule has 0 bridgehead atoms. The van der Waals surface area contributed by atoms with Crippen LogP contribution in [-0.4, -0.2) is 76.3 Å². The number of hydrogen-bond donors (Lipinski definition) is 2. The molecule has 2 fully saturated rings. The topological polar surface area (TPSA) is 116 Å². The van der Waals surface area contributed by atoms with E-state index in [0.29, 0.717) is 48.3 Å². The third-order valence-electron chi connectivity index (χ3n) is 7.35. The van der Waals surface area contributed by atoms with Crippen LogP contribution in [0.5, 0.6) is 5.75 Å². The predicted octanol–water partition coefficient (Wildman–Crippen LogP) is 2.49. The van der Waals surface area contributed by atoms with Crippen LogP contribution in [-0.2, 0) is 16.1 Å². The van der Waals surface area contributed by atoms with Gasteiger partial charge in [-0.05, 0) is 68.3 Å². The highest BCUT2D eigenvalue weighted by Gasteiger charge is 2.31. The Labute approximate surface area is 210 Å². The lowest BCUT2D eigenvalue weighted by atomic mass is 9.87. The molecular weight excluding hydrogens is 460 g/mol. The fraction of sp³-hybridized carbons (Fsp3) is 0.538. The van der Waals surface area contributed by atoms with E-state index in [9.17, 15) is 9.59 Å². The zero-order valence-electron chi connectivity index (χ0n) is 20.9. The highest BCUT2D eigenvalue weighted by atomic mass is 16.5. The van der Waals surface area contributed by atoms with E-state index in [4.69, 9.17) is 9.47 Å². The number of H-pyrrole nitrogens is 2. The molecule has 3 aromatic rings. The van der Waals surface area contributed by atoms with E-state index in [-0.39, 0.29) is 17.6 Å². The third kappa shape index (κ3) is 5.60. The average molecular weight is 495 g/mol. The van der Waals surface area contributed by atoms with Crippen molar-refractivity contribution in [1.29, 1.82) is 0 Å². The molecule has 1 saturated heterocycles. The van der Waals surface area contributed by atoms with E-state index in [1.165, 1.54) is 6.20 Å². The van der Waals surface area contributed by atoms with Crippen LogP contribution in [0.15, 0.2) is 35.3 Å². The normalized spacial score (nSPS) is 17.8. The van der Waals surface area contributed by atoms with Gasteiger partial charge in [-0.15, -0.1) is 0 Å². The number of benzene rings is 1. The Bertz CT molecular complexity index is 1230. The molecule has 1 aliphatic heterocycles. The van der Waals surface area contributed by atoms with Crippen molar-refractivity contribution in [1.82, 2.24) is 30.0 Å². The maximum Gasteiger partial charge on any atom is 0.276 e. The summed E-state index contributed by atoms with van der Waals surface area (Å²) >= 11 is 0. The number of nitrogens with one attached hydrogen (secondary N) is 2. The fourth-order valence-corrected chi connectivity index (χ4v) is 5.12. The van der Waals surface area contributed by atoms with E-state index in [0.717, 1.165) is 50.1 Å². The first-order valence-corrected chi connectivity index (χ1v) is 12.6. The number of likely N-dealkylation sites (tertiary alicyclic amines) is 1. The Balaban J connectivity index is 1.19. The number of hydrogen-bond acceptors (Lipinski definition) is 7. The lowest BCUT2D eigenvalue weighted by Gasteiger charge is -2.36. The predicted molar refractivity (Wildman–Crippen MR) is 135 cm³/mol. The van der Waals surface area contributed by atoms with Gasteiger partial charge in [0.05, 0.1) is 32.5 Å². The number of piperidine rings is 1. The highest BCUT2D eigenvalue weighted by Crippen LogP contribution is 2.34. The summed E-state index contributed by atoms with van der Waals surface area (Å²) in [5.74, 6) is 2.34. The van der Waals surface area contributed by atoms with Crippen LogP contribution in [0.1, 0.15) is 43.2 Å². The van der Waals surface area contributed by atoms with Crippen molar-refractivity contribution >= 4 is 16.9 Å². The quantitative estimate of drug-likeness (QED) is 0.445. The molecule has 1 unspecified atom stereocenters. The smallest absolute Gasteiger partial charge is 0.276 e. The van der Waals surface area contributed by atoms with Gasteiger partial charge < -0.3 is 19.4 Å². The summed E-state index contributed by atoms with van der Waals surface area (Å²) in [7, 11) is 3.43.